The third kappa shape index (κ3) is 3.59. The second-order valence-corrected chi connectivity index (χ2v) is 6.58. The van der Waals surface area contributed by atoms with E-state index in [9.17, 15) is 9.18 Å². The first-order valence-corrected chi connectivity index (χ1v) is 9.25. The van der Waals surface area contributed by atoms with Gasteiger partial charge in [0.2, 0.25) is 5.95 Å². The molecular weight excluding hydrogens is 373 g/mol. The Labute approximate surface area is 166 Å². The number of aromatic nitrogens is 5. The number of rotatable bonds is 6. The van der Waals surface area contributed by atoms with Crippen LogP contribution in [0.5, 0.6) is 0 Å². The number of nitrogens with two attached hydrogens (primary N) is 1. The third-order valence-electron chi connectivity index (χ3n) is 4.64. The second-order valence-electron chi connectivity index (χ2n) is 6.58. The number of fused-ring (bicyclic) bond motifs is 1. The van der Waals surface area contributed by atoms with E-state index in [4.69, 9.17) is 10.8 Å². The van der Waals surface area contributed by atoms with Crippen LogP contribution in [0.1, 0.15) is 29.5 Å². The maximum absolute atomic E-state index is 13.5. The van der Waals surface area contributed by atoms with E-state index in [1.54, 1.807) is 36.5 Å². The van der Waals surface area contributed by atoms with E-state index >= 15 is 0 Å². The van der Waals surface area contributed by atoms with Crippen LogP contribution in [0.15, 0.2) is 48.8 Å². The predicted octanol–water partition coefficient (Wildman–Crippen LogP) is 2.50. The molecule has 8 nitrogen and oxygen atoms in total. The van der Waals surface area contributed by atoms with E-state index in [0.717, 1.165) is 29.8 Å². The zero-order valence-corrected chi connectivity index (χ0v) is 15.8. The van der Waals surface area contributed by atoms with Gasteiger partial charge in [0.15, 0.2) is 5.82 Å². The molecule has 0 aliphatic carbocycles. The molecule has 4 rings (SSSR count). The van der Waals surface area contributed by atoms with Gasteiger partial charge in [-0.15, -0.1) is 0 Å². The van der Waals surface area contributed by atoms with E-state index in [-0.39, 0.29) is 5.91 Å². The highest BCUT2D eigenvalue weighted by molar-refractivity contribution is 5.97. The van der Waals surface area contributed by atoms with Crippen LogP contribution in [0.2, 0.25) is 0 Å². The summed E-state index contributed by atoms with van der Waals surface area (Å²) in [5.74, 6) is 5.71. The summed E-state index contributed by atoms with van der Waals surface area (Å²) in [5, 5.41) is 0. The van der Waals surface area contributed by atoms with Crippen molar-refractivity contribution in [1.82, 2.24) is 29.5 Å². The van der Waals surface area contributed by atoms with Gasteiger partial charge in [-0.05, 0) is 36.8 Å². The lowest BCUT2D eigenvalue weighted by molar-refractivity contribution is 0.0953. The van der Waals surface area contributed by atoms with Crippen LogP contribution in [-0.2, 0) is 13.1 Å². The minimum atomic E-state index is -0.555. The normalized spacial score (nSPS) is 11.1. The van der Waals surface area contributed by atoms with Gasteiger partial charge < -0.3 is 9.13 Å². The molecule has 0 fully saturated rings. The third-order valence-corrected chi connectivity index (χ3v) is 4.64. The molecular formula is C20H20FN7O. The molecule has 1 amide bonds. The fourth-order valence-electron chi connectivity index (χ4n) is 3.35. The number of benzene rings is 1. The molecule has 3 N–H and O–H groups in total. The number of amides is 1. The molecule has 3 heterocycles. The van der Waals surface area contributed by atoms with Crippen molar-refractivity contribution in [2.45, 2.75) is 26.4 Å². The van der Waals surface area contributed by atoms with Gasteiger partial charge in [-0.2, -0.15) is 4.39 Å². The summed E-state index contributed by atoms with van der Waals surface area (Å²) in [6.07, 6.45) is 4.36. The van der Waals surface area contributed by atoms with Gasteiger partial charge in [-0.25, -0.2) is 20.8 Å². The lowest BCUT2D eigenvalue weighted by Crippen LogP contribution is -2.29. The molecule has 0 bridgehead atoms. The molecule has 1 aromatic carbocycles. The first kappa shape index (κ1) is 18.8. The Morgan fingerprint density at radius 3 is 2.86 bits per heavy atom. The number of aryl methyl sites for hydroxylation is 1. The average molecular weight is 393 g/mol. The molecule has 0 saturated carbocycles. The number of nitrogens with zero attached hydrogens (tertiary/aromatic N) is 5. The van der Waals surface area contributed by atoms with Gasteiger partial charge in [0.05, 0.1) is 17.6 Å². The Morgan fingerprint density at radius 2 is 2.10 bits per heavy atom. The number of nitrogen functional groups attached to an aromatic ring is 1. The minimum absolute atomic E-state index is 0.355. The summed E-state index contributed by atoms with van der Waals surface area (Å²) in [6, 6.07) is 9.90. The number of halogens is 1. The summed E-state index contributed by atoms with van der Waals surface area (Å²) >= 11 is 0. The van der Waals surface area contributed by atoms with Crippen molar-refractivity contribution in [3.63, 3.8) is 0 Å². The highest BCUT2D eigenvalue weighted by Gasteiger charge is 2.16. The molecule has 4 aromatic rings. The molecule has 0 spiro atoms. The number of imidazole rings is 2. The molecule has 0 atom stereocenters. The largest absolute Gasteiger partial charge is 0.326 e. The molecule has 0 unspecified atom stereocenters. The van der Waals surface area contributed by atoms with Crippen molar-refractivity contribution in [1.29, 1.82) is 0 Å². The number of hydrogen-bond donors (Lipinski definition) is 2. The van der Waals surface area contributed by atoms with Crippen LogP contribution in [0.4, 0.5) is 4.39 Å². The van der Waals surface area contributed by atoms with Crippen LogP contribution in [-0.4, -0.2) is 30.0 Å². The molecule has 148 valence electrons. The van der Waals surface area contributed by atoms with Crippen molar-refractivity contribution in [2.24, 2.45) is 5.84 Å². The van der Waals surface area contributed by atoms with E-state index in [1.165, 1.54) is 6.07 Å². The number of carbonyl (C=O) groups excluding carboxylic acids is 1. The van der Waals surface area contributed by atoms with Crippen LogP contribution < -0.4 is 11.3 Å². The molecule has 0 saturated heterocycles. The number of nitrogens with one attached hydrogen (secondary N) is 1. The van der Waals surface area contributed by atoms with Gasteiger partial charge in [0, 0.05) is 24.5 Å². The van der Waals surface area contributed by atoms with Gasteiger partial charge in [0.25, 0.3) is 5.91 Å². The average Bonchev–Trinajstić information content (AvgIpc) is 3.32. The number of pyridine rings is 1. The van der Waals surface area contributed by atoms with Gasteiger partial charge in [-0.1, -0.05) is 13.0 Å². The standard InChI is InChI=1S/C20H20FN7O/c1-2-9-28-16-11-13(20(29)26-22)6-7-14(16)25-18(28)12-27-10-8-23-19(27)15-4-3-5-17(21)24-15/h3-8,10-11H,2,9,12,22H2,1H3,(H,26,29). The lowest BCUT2D eigenvalue weighted by Gasteiger charge is -2.11. The Morgan fingerprint density at radius 1 is 1.24 bits per heavy atom. The minimum Gasteiger partial charge on any atom is -0.326 e. The number of hydrazine groups is 1. The summed E-state index contributed by atoms with van der Waals surface area (Å²) in [6.45, 7) is 3.24. The maximum Gasteiger partial charge on any atom is 0.265 e. The zero-order valence-electron chi connectivity index (χ0n) is 15.8. The summed E-state index contributed by atoms with van der Waals surface area (Å²) in [4.78, 5) is 24.9. The number of carbonyl (C=O) groups is 1. The van der Waals surface area contributed by atoms with Crippen LogP contribution in [0.25, 0.3) is 22.6 Å². The summed E-state index contributed by atoms with van der Waals surface area (Å²) in [7, 11) is 0. The van der Waals surface area contributed by atoms with Gasteiger partial charge >= 0.3 is 0 Å². The monoisotopic (exact) mass is 393 g/mol. The predicted molar refractivity (Wildman–Crippen MR) is 106 cm³/mol. The summed E-state index contributed by atoms with van der Waals surface area (Å²) < 4.78 is 17.5. The Bertz CT molecular complexity index is 1180. The zero-order chi connectivity index (χ0) is 20.4. The Kier molecular flexibility index (Phi) is 5.05. The summed E-state index contributed by atoms with van der Waals surface area (Å²) in [5.41, 5.74) is 4.71. The topological polar surface area (TPSA) is 104 Å². The van der Waals surface area contributed by atoms with Crippen molar-refractivity contribution in [2.75, 3.05) is 0 Å². The highest BCUT2D eigenvalue weighted by Crippen LogP contribution is 2.22. The second kappa shape index (κ2) is 7.80. The van der Waals surface area contributed by atoms with Crippen molar-refractivity contribution in [3.8, 4) is 11.5 Å². The molecule has 0 aliphatic rings. The smallest absolute Gasteiger partial charge is 0.265 e. The maximum atomic E-state index is 13.5. The molecule has 3 aromatic heterocycles. The van der Waals surface area contributed by atoms with Gasteiger partial charge in [0.1, 0.15) is 11.5 Å². The van der Waals surface area contributed by atoms with E-state index in [1.807, 2.05) is 10.8 Å². The molecule has 9 heteroatoms. The Balaban J connectivity index is 1.76. The van der Waals surface area contributed by atoms with Crippen LogP contribution in [0.3, 0.4) is 0 Å². The Hall–Kier alpha value is -3.59. The highest BCUT2D eigenvalue weighted by atomic mass is 19.1. The van der Waals surface area contributed by atoms with E-state index in [0.29, 0.717) is 23.6 Å². The first-order chi connectivity index (χ1) is 14.1. The van der Waals surface area contributed by atoms with Crippen molar-refractivity contribution < 1.29 is 9.18 Å². The van der Waals surface area contributed by atoms with Crippen molar-refractivity contribution >= 4 is 16.9 Å². The lowest BCUT2D eigenvalue weighted by atomic mass is 10.2. The fraction of sp³-hybridized carbons (Fsp3) is 0.200. The quantitative estimate of drug-likeness (QED) is 0.227. The molecule has 29 heavy (non-hydrogen) atoms. The van der Waals surface area contributed by atoms with Crippen LogP contribution >= 0.6 is 0 Å². The SMILES string of the molecule is CCCn1c(Cn2ccnc2-c2cccc(F)n2)nc2ccc(C(=O)NN)cc21. The fourth-order valence-corrected chi connectivity index (χ4v) is 3.35. The first-order valence-electron chi connectivity index (χ1n) is 9.25. The van der Waals surface area contributed by atoms with Gasteiger partial charge in [-0.3, -0.25) is 10.2 Å². The molecule has 0 radical (unpaired) electrons. The van der Waals surface area contributed by atoms with E-state index in [2.05, 4.69) is 26.9 Å². The molecule has 0 aliphatic heterocycles. The van der Waals surface area contributed by atoms with Crippen LogP contribution in [0, 0.1) is 5.95 Å². The van der Waals surface area contributed by atoms with E-state index < -0.39 is 5.95 Å². The van der Waals surface area contributed by atoms with Crippen molar-refractivity contribution in [3.05, 3.63) is 66.1 Å². The number of hydrogen-bond acceptors (Lipinski definition) is 5.